The van der Waals surface area contributed by atoms with Crippen molar-refractivity contribution >= 4 is 11.3 Å². The molecule has 3 heterocycles. The lowest BCUT2D eigenvalue weighted by Crippen LogP contribution is -2.39. The monoisotopic (exact) mass is 290 g/mol. The first-order valence-electron chi connectivity index (χ1n) is 6.36. The third kappa shape index (κ3) is 2.72. The van der Waals surface area contributed by atoms with E-state index in [1.54, 1.807) is 18.3 Å². The van der Waals surface area contributed by atoms with Crippen molar-refractivity contribution in [3.8, 4) is 6.07 Å². The second-order valence-electron chi connectivity index (χ2n) is 4.65. The minimum absolute atomic E-state index is 0.0161. The molecule has 1 fully saturated rings. The summed E-state index contributed by atoms with van der Waals surface area (Å²) in [5.41, 5.74) is 0.712. The van der Waals surface area contributed by atoms with Crippen molar-refractivity contribution in [1.82, 2.24) is 15.0 Å². The van der Waals surface area contributed by atoms with E-state index < -0.39 is 0 Å². The number of hydrogen-bond acceptors (Lipinski definition) is 7. The van der Waals surface area contributed by atoms with Gasteiger partial charge in [-0.05, 0) is 13.0 Å². The Morgan fingerprint density at radius 1 is 1.60 bits per heavy atom. The first kappa shape index (κ1) is 13.2. The van der Waals surface area contributed by atoms with Gasteiger partial charge in [-0.2, -0.15) is 10.2 Å². The van der Waals surface area contributed by atoms with Gasteiger partial charge in [0.15, 0.2) is 5.82 Å². The number of aryl methyl sites for hydroxylation is 1. The molecule has 1 atom stereocenters. The van der Waals surface area contributed by atoms with Gasteiger partial charge in [-0.3, -0.25) is 4.90 Å². The van der Waals surface area contributed by atoms with E-state index in [0.717, 1.165) is 18.0 Å². The molecule has 0 bridgehead atoms. The minimum Gasteiger partial charge on any atom is -0.378 e. The van der Waals surface area contributed by atoms with E-state index in [0.29, 0.717) is 30.5 Å². The van der Waals surface area contributed by atoms with Gasteiger partial charge in [0, 0.05) is 23.3 Å². The molecule has 104 valence electrons. The van der Waals surface area contributed by atoms with Gasteiger partial charge in [-0.25, -0.2) is 0 Å². The van der Waals surface area contributed by atoms with Crippen molar-refractivity contribution in [3.05, 3.63) is 33.6 Å². The number of morpholine rings is 1. The molecule has 0 aromatic carbocycles. The first-order chi connectivity index (χ1) is 9.76. The molecule has 2 aromatic rings. The molecule has 0 radical (unpaired) electrons. The van der Waals surface area contributed by atoms with Crippen molar-refractivity contribution in [3.63, 3.8) is 0 Å². The van der Waals surface area contributed by atoms with Crippen LogP contribution in [0.1, 0.15) is 28.2 Å². The topological polar surface area (TPSA) is 75.2 Å². The molecule has 0 N–H and O–H groups in total. The van der Waals surface area contributed by atoms with Crippen molar-refractivity contribution in [1.29, 1.82) is 5.26 Å². The molecule has 3 rings (SSSR count). The number of nitriles is 1. The standard InChI is InChI=1S/C13H14N4O2S/c1-9-15-13(19-16-9)12-7-18-3-2-17(12)6-11-4-10(5-14)8-20-11/h4,8,12H,2-3,6-7H2,1H3/t12-/m1/s1. The van der Waals surface area contributed by atoms with Gasteiger partial charge in [-0.1, -0.05) is 5.16 Å². The Balaban J connectivity index is 1.77. The largest absolute Gasteiger partial charge is 0.378 e. The van der Waals surface area contributed by atoms with Crippen LogP contribution in [0.3, 0.4) is 0 Å². The Morgan fingerprint density at radius 2 is 2.50 bits per heavy atom. The summed E-state index contributed by atoms with van der Waals surface area (Å²) >= 11 is 1.60. The molecule has 6 nitrogen and oxygen atoms in total. The van der Waals surface area contributed by atoms with Gasteiger partial charge in [0.05, 0.1) is 18.8 Å². The van der Waals surface area contributed by atoms with Gasteiger partial charge in [0.2, 0.25) is 5.89 Å². The van der Waals surface area contributed by atoms with Crippen LogP contribution in [0.4, 0.5) is 0 Å². The van der Waals surface area contributed by atoms with E-state index >= 15 is 0 Å². The molecular weight excluding hydrogens is 276 g/mol. The van der Waals surface area contributed by atoms with Crippen LogP contribution in [-0.4, -0.2) is 34.8 Å². The zero-order chi connectivity index (χ0) is 13.9. The number of aromatic nitrogens is 2. The van der Waals surface area contributed by atoms with E-state index in [2.05, 4.69) is 21.1 Å². The van der Waals surface area contributed by atoms with Gasteiger partial charge in [0.25, 0.3) is 0 Å². The second-order valence-corrected chi connectivity index (χ2v) is 5.65. The molecule has 0 saturated carbocycles. The minimum atomic E-state index is -0.0161. The normalized spacial score (nSPS) is 19.9. The van der Waals surface area contributed by atoms with E-state index in [4.69, 9.17) is 14.5 Å². The van der Waals surface area contributed by atoms with Crippen molar-refractivity contribution < 1.29 is 9.26 Å². The van der Waals surface area contributed by atoms with E-state index in [-0.39, 0.29) is 6.04 Å². The van der Waals surface area contributed by atoms with Gasteiger partial charge < -0.3 is 9.26 Å². The third-order valence-electron chi connectivity index (χ3n) is 3.21. The number of thiophene rings is 1. The summed E-state index contributed by atoms with van der Waals surface area (Å²) in [5.74, 6) is 1.23. The van der Waals surface area contributed by atoms with Crippen molar-refractivity contribution in [2.45, 2.75) is 19.5 Å². The SMILES string of the molecule is Cc1noc([C@H]2COCCN2Cc2cc(C#N)cs2)n1. The molecule has 1 saturated heterocycles. The maximum atomic E-state index is 8.88. The van der Waals surface area contributed by atoms with Crippen LogP contribution in [0.25, 0.3) is 0 Å². The molecule has 0 unspecified atom stereocenters. The number of hydrogen-bond donors (Lipinski definition) is 0. The Bertz CT molecular complexity index is 630. The predicted octanol–water partition coefficient (Wildman–Crippen LogP) is 1.88. The summed E-state index contributed by atoms with van der Waals surface area (Å²) in [6.07, 6.45) is 0. The average Bonchev–Trinajstić information content (AvgIpc) is 3.08. The Hall–Kier alpha value is -1.75. The van der Waals surface area contributed by atoms with Gasteiger partial charge in [-0.15, -0.1) is 11.3 Å². The van der Waals surface area contributed by atoms with Crippen LogP contribution in [0.5, 0.6) is 0 Å². The number of ether oxygens (including phenoxy) is 1. The highest BCUT2D eigenvalue weighted by atomic mass is 32.1. The fourth-order valence-electron chi connectivity index (χ4n) is 2.23. The fourth-order valence-corrected chi connectivity index (χ4v) is 3.06. The highest BCUT2D eigenvalue weighted by Crippen LogP contribution is 2.26. The molecule has 1 aliphatic heterocycles. The summed E-state index contributed by atoms with van der Waals surface area (Å²) in [6.45, 7) is 4.63. The van der Waals surface area contributed by atoms with Crippen molar-refractivity contribution in [2.24, 2.45) is 0 Å². The maximum absolute atomic E-state index is 8.88. The molecule has 0 amide bonds. The van der Waals surface area contributed by atoms with Crippen LogP contribution in [-0.2, 0) is 11.3 Å². The lowest BCUT2D eigenvalue weighted by Gasteiger charge is -2.32. The second kappa shape index (κ2) is 5.71. The molecule has 0 aliphatic carbocycles. The highest BCUT2D eigenvalue weighted by molar-refractivity contribution is 7.10. The van der Waals surface area contributed by atoms with Crippen LogP contribution in [0.15, 0.2) is 16.0 Å². The zero-order valence-corrected chi connectivity index (χ0v) is 11.9. The molecule has 0 spiro atoms. The van der Waals surface area contributed by atoms with E-state index in [1.807, 2.05) is 11.4 Å². The fraction of sp³-hybridized carbons (Fsp3) is 0.462. The highest BCUT2D eigenvalue weighted by Gasteiger charge is 2.29. The molecule has 20 heavy (non-hydrogen) atoms. The maximum Gasteiger partial charge on any atom is 0.246 e. The third-order valence-corrected chi connectivity index (χ3v) is 4.13. The summed E-state index contributed by atoms with van der Waals surface area (Å²) < 4.78 is 10.8. The average molecular weight is 290 g/mol. The summed E-state index contributed by atoms with van der Waals surface area (Å²) in [6, 6.07) is 4.07. The molecule has 7 heteroatoms. The first-order valence-corrected chi connectivity index (χ1v) is 7.24. The van der Waals surface area contributed by atoms with Crippen LogP contribution >= 0.6 is 11.3 Å². The Labute approximate surface area is 120 Å². The Kier molecular flexibility index (Phi) is 3.78. The van der Waals surface area contributed by atoms with Crippen LogP contribution in [0, 0.1) is 18.3 Å². The smallest absolute Gasteiger partial charge is 0.246 e. The lowest BCUT2D eigenvalue weighted by molar-refractivity contribution is -0.0236. The summed E-state index contributed by atoms with van der Waals surface area (Å²) in [5, 5.41) is 14.6. The zero-order valence-electron chi connectivity index (χ0n) is 11.1. The van der Waals surface area contributed by atoms with Gasteiger partial charge >= 0.3 is 0 Å². The van der Waals surface area contributed by atoms with Crippen LogP contribution in [0.2, 0.25) is 0 Å². The molecule has 2 aromatic heterocycles. The quantitative estimate of drug-likeness (QED) is 0.859. The molecular formula is C13H14N4O2S. The van der Waals surface area contributed by atoms with Gasteiger partial charge in [0.1, 0.15) is 12.1 Å². The van der Waals surface area contributed by atoms with Crippen LogP contribution < -0.4 is 0 Å². The number of rotatable bonds is 3. The van der Waals surface area contributed by atoms with Crippen molar-refractivity contribution in [2.75, 3.05) is 19.8 Å². The number of nitrogens with zero attached hydrogens (tertiary/aromatic N) is 4. The predicted molar refractivity (Wildman–Crippen MR) is 72.0 cm³/mol. The summed E-state index contributed by atoms with van der Waals surface area (Å²) in [7, 11) is 0. The van der Waals surface area contributed by atoms with E-state index in [9.17, 15) is 0 Å². The Morgan fingerprint density at radius 3 is 3.20 bits per heavy atom. The molecule has 1 aliphatic rings. The summed E-state index contributed by atoms with van der Waals surface area (Å²) in [4.78, 5) is 7.71. The van der Waals surface area contributed by atoms with E-state index in [1.165, 1.54) is 0 Å². The lowest BCUT2D eigenvalue weighted by atomic mass is 10.2.